The molecule has 0 saturated carbocycles. The Morgan fingerprint density at radius 3 is 2.71 bits per heavy atom. The van der Waals surface area contributed by atoms with E-state index in [0.717, 1.165) is 25.9 Å². The van der Waals surface area contributed by atoms with E-state index in [-0.39, 0.29) is 18.6 Å². The van der Waals surface area contributed by atoms with Crippen LogP contribution in [0.2, 0.25) is 0 Å². The van der Waals surface area contributed by atoms with Crippen molar-refractivity contribution in [2.45, 2.75) is 37.8 Å². The van der Waals surface area contributed by atoms with Crippen LogP contribution in [0, 0.1) is 0 Å². The number of carbonyl (C=O) groups is 2. The summed E-state index contributed by atoms with van der Waals surface area (Å²) in [5.74, 6) is -0.918. The molecule has 1 atom stereocenters. The molecule has 2 rings (SSSR count). The molecule has 0 aromatic rings. The number of nitrogens with one attached hydrogen (secondary N) is 1. The highest BCUT2D eigenvalue weighted by Gasteiger charge is 2.33. The third-order valence-electron chi connectivity index (χ3n) is 3.35. The first kappa shape index (κ1) is 12.2. The fourth-order valence-electron chi connectivity index (χ4n) is 2.43. The summed E-state index contributed by atoms with van der Waals surface area (Å²) in [6, 6.07) is 0.245. The average molecular weight is 242 g/mol. The maximum absolute atomic E-state index is 11.8. The minimum Gasteiger partial charge on any atom is -0.481 e. The molecule has 2 heterocycles. The number of piperidine rings is 1. The molecule has 2 N–H and O–H groups in total. The van der Waals surface area contributed by atoms with Gasteiger partial charge in [0.2, 0.25) is 0 Å². The number of carbonyl (C=O) groups excluding carboxylic acids is 1. The molecular weight excluding hydrogens is 224 g/mol. The summed E-state index contributed by atoms with van der Waals surface area (Å²) in [4.78, 5) is 24.1. The highest BCUT2D eigenvalue weighted by atomic mass is 16.6. The van der Waals surface area contributed by atoms with Gasteiger partial charge in [-0.1, -0.05) is 0 Å². The summed E-state index contributed by atoms with van der Waals surface area (Å²) in [7, 11) is 0. The summed E-state index contributed by atoms with van der Waals surface area (Å²) in [5.41, 5.74) is 0. The first-order chi connectivity index (χ1) is 8.16. The molecule has 2 saturated heterocycles. The molecule has 0 radical (unpaired) electrons. The molecule has 2 aliphatic rings. The van der Waals surface area contributed by atoms with Crippen molar-refractivity contribution in [2.75, 3.05) is 19.6 Å². The zero-order valence-corrected chi connectivity index (χ0v) is 9.72. The van der Waals surface area contributed by atoms with Crippen molar-refractivity contribution in [3.05, 3.63) is 0 Å². The highest BCUT2D eigenvalue weighted by Crippen LogP contribution is 2.21. The predicted molar refractivity (Wildman–Crippen MR) is 59.7 cm³/mol. The first-order valence-corrected chi connectivity index (χ1v) is 6.06. The van der Waals surface area contributed by atoms with E-state index in [1.807, 2.05) is 0 Å². The van der Waals surface area contributed by atoms with E-state index < -0.39 is 12.1 Å². The van der Waals surface area contributed by atoms with Gasteiger partial charge in [0.1, 0.15) is 6.10 Å². The van der Waals surface area contributed by atoms with E-state index in [4.69, 9.17) is 9.84 Å². The summed E-state index contributed by atoms with van der Waals surface area (Å²) < 4.78 is 5.15. The lowest BCUT2D eigenvalue weighted by Gasteiger charge is -2.38. The number of aliphatic carboxylic acids is 1. The van der Waals surface area contributed by atoms with Crippen molar-refractivity contribution in [1.82, 2.24) is 10.2 Å². The fraction of sp³-hybridized carbons (Fsp3) is 0.818. The first-order valence-electron chi connectivity index (χ1n) is 6.06. The van der Waals surface area contributed by atoms with Crippen LogP contribution in [0.3, 0.4) is 0 Å². The van der Waals surface area contributed by atoms with E-state index in [2.05, 4.69) is 5.32 Å². The van der Waals surface area contributed by atoms with Gasteiger partial charge in [-0.25, -0.2) is 4.79 Å². The van der Waals surface area contributed by atoms with Crippen LogP contribution in [0.5, 0.6) is 0 Å². The topological polar surface area (TPSA) is 78.9 Å². The molecule has 0 spiro atoms. The van der Waals surface area contributed by atoms with Crippen molar-refractivity contribution in [2.24, 2.45) is 0 Å². The second-order valence-corrected chi connectivity index (χ2v) is 4.57. The second kappa shape index (κ2) is 5.35. The SMILES string of the molecule is O=C(O)CC1CCN(C2CCNCC2)C(=O)O1. The second-order valence-electron chi connectivity index (χ2n) is 4.57. The van der Waals surface area contributed by atoms with Crippen LogP contribution in [0.1, 0.15) is 25.7 Å². The molecule has 2 fully saturated rings. The molecule has 96 valence electrons. The summed E-state index contributed by atoms with van der Waals surface area (Å²) in [5, 5.41) is 11.9. The Morgan fingerprint density at radius 1 is 1.41 bits per heavy atom. The number of hydrogen-bond acceptors (Lipinski definition) is 4. The monoisotopic (exact) mass is 242 g/mol. The summed E-state index contributed by atoms with van der Waals surface area (Å²) >= 11 is 0. The zero-order chi connectivity index (χ0) is 12.3. The number of amides is 1. The maximum atomic E-state index is 11.8. The van der Waals surface area contributed by atoms with Gasteiger partial charge in [0.05, 0.1) is 6.42 Å². The quantitative estimate of drug-likeness (QED) is 0.750. The summed E-state index contributed by atoms with van der Waals surface area (Å²) in [6.45, 7) is 2.46. The Kier molecular flexibility index (Phi) is 3.83. The minimum absolute atomic E-state index is 0.0915. The van der Waals surface area contributed by atoms with Crippen molar-refractivity contribution in [3.8, 4) is 0 Å². The highest BCUT2D eigenvalue weighted by molar-refractivity contribution is 5.71. The van der Waals surface area contributed by atoms with Crippen molar-refractivity contribution < 1.29 is 19.4 Å². The van der Waals surface area contributed by atoms with Gasteiger partial charge < -0.3 is 20.1 Å². The summed E-state index contributed by atoms with van der Waals surface area (Å²) in [6.07, 6.45) is 1.60. The van der Waals surface area contributed by atoms with E-state index in [9.17, 15) is 9.59 Å². The van der Waals surface area contributed by atoms with Crippen LogP contribution in [0.25, 0.3) is 0 Å². The average Bonchev–Trinajstić information content (AvgIpc) is 2.29. The molecular formula is C11H18N2O4. The normalized spacial score (nSPS) is 26.7. The van der Waals surface area contributed by atoms with Gasteiger partial charge >= 0.3 is 12.1 Å². The van der Waals surface area contributed by atoms with Gasteiger partial charge in [-0.15, -0.1) is 0 Å². The maximum Gasteiger partial charge on any atom is 0.410 e. The van der Waals surface area contributed by atoms with Crippen LogP contribution in [-0.2, 0) is 9.53 Å². The molecule has 0 aliphatic carbocycles. The molecule has 6 heteroatoms. The fourth-order valence-corrected chi connectivity index (χ4v) is 2.43. The van der Waals surface area contributed by atoms with Crippen molar-refractivity contribution >= 4 is 12.1 Å². The lowest BCUT2D eigenvalue weighted by molar-refractivity contribution is -0.140. The standard InChI is InChI=1S/C11H18N2O4/c14-10(15)7-9-3-6-13(11(16)17-9)8-1-4-12-5-2-8/h8-9,12H,1-7H2,(H,14,15). The van der Waals surface area contributed by atoms with E-state index in [1.54, 1.807) is 4.90 Å². The number of carboxylic acid groups (broad SMARTS) is 1. The number of carboxylic acids is 1. The number of cyclic esters (lactones) is 1. The Hall–Kier alpha value is -1.30. The molecule has 6 nitrogen and oxygen atoms in total. The van der Waals surface area contributed by atoms with Crippen LogP contribution in [-0.4, -0.2) is 53.8 Å². The van der Waals surface area contributed by atoms with Gasteiger partial charge in [-0.05, 0) is 25.9 Å². The molecule has 17 heavy (non-hydrogen) atoms. The molecule has 2 aliphatic heterocycles. The Bertz CT molecular complexity index is 302. The molecule has 0 aromatic carbocycles. The van der Waals surface area contributed by atoms with Gasteiger partial charge in [0.15, 0.2) is 0 Å². The van der Waals surface area contributed by atoms with E-state index >= 15 is 0 Å². The van der Waals surface area contributed by atoms with Crippen LogP contribution in [0.4, 0.5) is 4.79 Å². The Labute approximate surface area is 99.9 Å². The van der Waals surface area contributed by atoms with Gasteiger partial charge in [-0.3, -0.25) is 4.79 Å². The Balaban J connectivity index is 1.86. The number of rotatable bonds is 3. The zero-order valence-electron chi connectivity index (χ0n) is 9.72. The molecule has 0 bridgehead atoms. The number of hydrogen-bond donors (Lipinski definition) is 2. The van der Waals surface area contributed by atoms with Crippen LogP contribution < -0.4 is 5.32 Å². The predicted octanol–water partition coefficient (Wildman–Crippen LogP) is 0.424. The minimum atomic E-state index is -0.918. The van der Waals surface area contributed by atoms with Gasteiger partial charge in [0, 0.05) is 19.0 Å². The lowest BCUT2D eigenvalue weighted by atomic mass is 10.0. The van der Waals surface area contributed by atoms with Crippen molar-refractivity contribution in [1.29, 1.82) is 0 Å². The van der Waals surface area contributed by atoms with Gasteiger partial charge in [-0.2, -0.15) is 0 Å². The van der Waals surface area contributed by atoms with E-state index in [0.29, 0.717) is 13.0 Å². The molecule has 1 amide bonds. The third kappa shape index (κ3) is 3.09. The van der Waals surface area contributed by atoms with E-state index in [1.165, 1.54) is 0 Å². The van der Waals surface area contributed by atoms with Crippen LogP contribution in [0.15, 0.2) is 0 Å². The van der Waals surface area contributed by atoms with Gasteiger partial charge in [0.25, 0.3) is 0 Å². The van der Waals surface area contributed by atoms with Crippen LogP contribution >= 0.6 is 0 Å². The largest absolute Gasteiger partial charge is 0.481 e. The third-order valence-corrected chi connectivity index (χ3v) is 3.35. The lowest BCUT2D eigenvalue weighted by Crippen LogP contribution is -2.51. The Morgan fingerprint density at radius 2 is 2.12 bits per heavy atom. The smallest absolute Gasteiger partial charge is 0.410 e. The molecule has 1 unspecified atom stereocenters. The van der Waals surface area contributed by atoms with Crippen molar-refractivity contribution in [3.63, 3.8) is 0 Å². The number of ether oxygens (including phenoxy) is 1. The number of nitrogens with zero attached hydrogens (tertiary/aromatic N) is 1. The molecule has 0 aromatic heterocycles.